The summed E-state index contributed by atoms with van der Waals surface area (Å²) in [6.45, 7) is 2.62. The first-order valence-electron chi connectivity index (χ1n) is 7.30. The Kier molecular flexibility index (Phi) is 6.46. The first kappa shape index (κ1) is 18.1. The van der Waals surface area contributed by atoms with E-state index in [4.69, 9.17) is 27.9 Å². The van der Waals surface area contributed by atoms with Crippen molar-refractivity contribution in [2.24, 2.45) is 0 Å². The van der Waals surface area contributed by atoms with Crippen LogP contribution in [0.1, 0.15) is 34.1 Å². The minimum atomic E-state index is -0.557. The molecule has 0 aliphatic carbocycles. The Balaban J connectivity index is 1.95. The molecule has 0 heterocycles. The van der Waals surface area contributed by atoms with Gasteiger partial charge in [0.25, 0.3) is 11.8 Å². The molecule has 0 saturated carbocycles. The van der Waals surface area contributed by atoms with E-state index in [0.717, 1.165) is 6.42 Å². The number of hydrogen-bond acceptors (Lipinski definition) is 3. The largest absolute Gasteiger partial charge is 0.494 e. The molecule has 24 heavy (non-hydrogen) atoms. The number of hydrogen-bond donors (Lipinski definition) is 2. The number of amides is 2. The first-order chi connectivity index (χ1) is 11.5. The van der Waals surface area contributed by atoms with Crippen molar-refractivity contribution in [3.63, 3.8) is 0 Å². The minimum Gasteiger partial charge on any atom is -0.494 e. The van der Waals surface area contributed by atoms with Crippen LogP contribution < -0.4 is 15.6 Å². The highest BCUT2D eigenvalue weighted by Gasteiger charge is 2.13. The molecule has 2 aromatic carbocycles. The molecule has 0 fully saturated rings. The fraction of sp³-hybridized carbons (Fsp3) is 0.176. The smallest absolute Gasteiger partial charge is 0.271 e. The molecular formula is C17H16Cl2N2O3. The van der Waals surface area contributed by atoms with E-state index in [0.29, 0.717) is 22.9 Å². The molecule has 2 N–H and O–H groups in total. The summed E-state index contributed by atoms with van der Waals surface area (Å²) in [5.41, 5.74) is 5.19. The summed E-state index contributed by atoms with van der Waals surface area (Å²) in [5, 5.41) is 0.613. The van der Waals surface area contributed by atoms with Gasteiger partial charge in [0.2, 0.25) is 0 Å². The van der Waals surface area contributed by atoms with Crippen LogP contribution in [0.15, 0.2) is 42.5 Å². The van der Waals surface area contributed by atoms with Crippen molar-refractivity contribution in [2.45, 2.75) is 13.3 Å². The third-order valence-corrected chi connectivity index (χ3v) is 3.62. The molecule has 2 amide bonds. The van der Waals surface area contributed by atoms with Gasteiger partial charge < -0.3 is 4.74 Å². The van der Waals surface area contributed by atoms with Crippen LogP contribution in [0, 0.1) is 0 Å². The number of hydrazine groups is 1. The zero-order valence-corrected chi connectivity index (χ0v) is 14.4. The van der Waals surface area contributed by atoms with Gasteiger partial charge in [0, 0.05) is 10.6 Å². The number of rotatable bonds is 5. The molecule has 2 rings (SSSR count). The quantitative estimate of drug-likeness (QED) is 0.789. The van der Waals surface area contributed by atoms with E-state index < -0.39 is 11.8 Å². The Hall–Kier alpha value is -2.24. The highest BCUT2D eigenvalue weighted by Crippen LogP contribution is 2.20. The summed E-state index contributed by atoms with van der Waals surface area (Å²) in [4.78, 5) is 24.1. The summed E-state index contributed by atoms with van der Waals surface area (Å²) in [7, 11) is 0. The van der Waals surface area contributed by atoms with Crippen LogP contribution in [0.4, 0.5) is 0 Å². The second-order valence-corrected chi connectivity index (χ2v) is 5.75. The van der Waals surface area contributed by atoms with Crippen molar-refractivity contribution in [3.8, 4) is 5.75 Å². The van der Waals surface area contributed by atoms with Crippen LogP contribution >= 0.6 is 23.2 Å². The number of carbonyl (C=O) groups is 2. The number of nitrogens with one attached hydrogen (secondary N) is 2. The summed E-state index contributed by atoms with van der Waals surface area (Å²) in [5.74, 6) is -0.328. The lowest BCUT2D eigenvalue weighted by molar-refractivity contribution is 0.0846. The molecule has 126 valence electrons. The zero-order chi connectivity index (χ0) is 17.5. The van der Waals surface area contributed by atoms with Gasteiger partial charge >= 0.3 is 0 Å². The lowest BCUT2D eigenvalue weighted by atomic mass is 10.2. The molecule has 7 heteroatoms. The molecule has 0 saturated heterocycles. The van der Waals surface area contributed by atoms with E-state index in [9.17, 15) is 9.59 Å². The molecule has 0 aromatic heterocycles. The van der Waals surface area contributed by atoms with Gasteiger partial charge in [-0.1, -0.05) is 30.1 Å². The van der Waals surface area contributed by atoms with Crippen LogP contribution in [-0.2, 0) is 0 Å². The van der Waals surface area contributed by atoms with Crippen LogP contribution in [0.25, 0.3) is 0 Å². The lowest BCUT2D eigenvalue weighted by Gasteiger charge is -2.09. The Morgan fingerprint density at radius 1 is 1.00 bits per heavy atom. The van der Waals surface area contributed by atoms with Gasteiger partial charge in [-0.3, -0.25) is 20.4 Å². The molecular weight excluding hydrogens is 351 g/mol. The third kappa shape index (κ3) is 4.88. The molecule has 0 aliphatic rings. The molecule has 0 spiro atoms. The highest BCUT2D eigenvalue weighted by molar-refractivity contribution is 6.35. The maximum atomic E-state index is 12.0. The van der Waals surface area contributed by atoms with Gasteiger partial charge in [-0.2, -0.15) is 0 Å². The summed E-state index contributed by atoms with van der Waals surface area (Å²) in [6.07, 6.45) is 0.903. The molecule has 5 nitrogen and oxygen atoms in total. The second-order valence-electron chi connectivity index (χ2n) is 4.91. The Morgan fingerprint density at radius 3 is 2.33 bits per heavy atom. The number of halogens is 2. The normalized spacial score (nSPS) is 10.1. The van der Waals surface area contributed by atoms with Crippen molar-refractivity contribution in [3.05, 3.63) is 63.6 Å². The molecule has 0 bridgehead atoms. The van der Waals surface area contributed by atoms with E-state index in [1.54, 1.807) is 30.3 Å². The number of benzene rings is 2. The van der Waals surface area contributed by atoms with E-state index in [1.807, 2.05) is 6.92 Å². The van der Waals surface area contributed by atoms with Gasteiger partial charge in [0.15, 0.2) is 0 Å². The molecule has 0 radical (unpaired) electrons. The van der Waals surface area contributed by atoms with Crippen molar-refractivity contribution in [2.75, 3.05) is 6.61 Å². The summed E-state index contributed by atoms with van der Waals surface area (Å²) >= 11 is 11.8. The standard InChI is InChI=1S/C17H16Cl2N2O3/c1-2-9-24-13-6-3-11(4-7-13)16(22)20-21-17(23)14-10-12(18)5-8-15(14)19/h3-8,10H,2,9H2,1H3,(H,20,22)(H,21,23). The van der Waals surface area contributed by atoms with Gasteiger partial charge in [-0.25, -0.2) is 0 Å². The lowest BCUT2D eigenvalue weighted by Crippen LogP contribution is -2.41. The molecule has 0 unspecified atom stereocenters. The van der Waals surface area contributed by atoms with Gasteiger partial charge in [0.1, 0.15) is 5.75 Å². The number of ether oxygens (including phenoxy) is 1. The maximum Gasteiger partial charge on any atom is 0.271 e. The van der Waals surface area contributed by atoms with E-state index in [2.05, 4.69) is 10.9 Å². The number of carbonyl (C=O) groups excluding carboxylic acids is 2. The van der Waals surface area contributed by atoms with E-state index in [-0.39, 0.29) is 10.6 Å². The summed E-state index contributed by atoms with van der Waals surface area (Å²) in [6, 6.07) is 11.1. The highest BCUT2D eigenvalue weighted by atomic mass is 35.5. The monoisotopic (exact) mass is 366 g/mol. The Morgan fingerprint density at radius 2 is 1.67 bits per heavy atom. The van der Waals surface area contributed by atoms with Crippen LogP contribution in [0.2, 0.25) is 10.0 Å². The fourth-order valence-electron chi connectivity index (χ4n) is 1.85. The van der Waals surface area contributed by atoms with Gasteiger partial charge in [-0.05, 0) is 48.9 Å². The molecule has 0 atom stereocenters. The average molecular weight is 367 g/mol. The Bertz CT molecular complexity index is 733. The maximum absolute atomic E-state index is 12.0. The van der Waals surface area contributed by atoms with Crippen LogP contribution in [-0.4, -0.2) is 18.4 Å². The predicted octanol–water partition coefficient (Wildman–Crippen LogP) is 3.86. The van der Waals surface area contributed by atoms with Crippen LogP contribution in [0.5, 0.6) is 5.75 Å². The third-order valence-electron chi connectivity index (χ3n) is 3.05. The minimum absolute atomic E-state index is 0.174. The van der Waals surface area contributed by atoms with E-state index in [1.165, 1.54) is 12.1 Å². The van der Waals surface area contributed by atoms with E-state index >= 15 is 0 Å². The molecule has 2 aromatic rings. The Labute approximate surface area is 149 Å². The van der Waals surface area contributed by atoms with Gasteiger partial charge in [-0.15, -0.1) is 0 Å². The van der Waals surface area contributed by atoms with Crippen molar-refractivity contribution in [1.82, 2.24) is 10.9 Å². The first-order valence-corrected chi connectivity index (χ1v) is 8.05. The average Bonchev–Trinajstić information content (AvgIpc) is 2.60. The predicted molar refractivity (Wildman–Crippen MR) is 93.6 cm³/mol. The van der Waals surface area contributed by atoms with Gasteiger partial charge in [0.05, 0.1) is 17.2 Å². The summed E-state index contributed by atoms with van der Waals surface area (Å²) < 4.78 is 5.44. The van der Waals surface area contributed by atoms with Crippen molar-refractivity contribution in [1.29, 1.82) is 0 Å². The van der Waals surface area contributed by atoms with Crippen molar-refractivity contribution >= 4 is 35.0 Å². The van der Waals surface area contributed by atoms with Crippen LogP contribution in [0.3, 0.4) is 0 Å². The van der Waals surface area contributed by atoms with Crippen molar-refractivity contribution < 1.29 is 14.3 Å². The molecule has 0 aliphatic heterocycles. The zero-order valence-electron chi connectivity index (χ0n) is 12.9. The SMILES string of the molecule is CCCOc1ccc(C(=O)NNC(=O)c2cc(Cl)ccc2Cl)cc1. The fourth-order valence-corrected chi connectivity index (χ4v) is 2.22. The second kappa shape index (κ2) is 8.57. The topological polar surface area (TPSA) is 67.4 Å².